The predicted molar refractivity (Wildman–Crippen MR) is 78.8 cm³/mol. The third-order valence-electron chi connectivity index (χ3n) is 3.89. The van der Waals surface area contributed by atoms with E-state index in [2.05, 4.69) is 29.2 Å². The summed E-state index contributed by atoms with van der Waals surface area (Å²) in [5.41, 5.74) is 4.89. The second kappa shape index (κ2) is 5.58. The van der Waals surface area contributed by atoms with Crippen molar-refractivity contribution in [1.29, 1.82) is 0 Å². The van der Waals surface area contributed by atoms with Crippen LogP contribution in [0.2, 0.25) is 6.32 Å². The Labute approximate surface area is 114 Å². The average molecular weight is 251 g/mol. The maximum Gasteiger partial charge on any atom is 0.323 e. The van der Waals surface area contributed by atoms with Crippen LogP contribution in [-0.4, -0.2) is 16.9 Å². The lowest BCUT2D eigenvalue weighted by Gasteiger charge is -2.19. The summed E-state index contributed by atoms with van der Waals surface area (Å²) in [7, 11) is 0. The SMILES string of the molecule is OB1CCCc2ccc(CCc3ccccn3)cc21. The minimum atomic E-state index is -0.265. The molecule has 96 valence electrons. The molecule has 0 fully saturated rings. The summed E-state index contributed by atoms with van der Waals surface area (Å²) in [5.74, 6) is 0. The van der Waals surface area contributed by atoms with Gasteiger partial charge in [0.05, 0.1) is 0 Å². The topological polar surface area (TPSA) is 33.1 Å². The molecule has 0 aliphatic carbocycles. The van der Waals surface area contributed by atoms with Gasteiger partial charge in [-0.25, -0.2) is 0 Å². The lowest BCUT2D eigenvalue weighted by molar-refractivity contribution is 0.574. The zero-order chi connectivity index (χ0) is 13.1. The van der Waals surface area contributed by atoms with Crippen molar-refractivity contribution in [3.8, 4) is 0 Å². The monoisotopic (exact) mass is 251 g/mol. The molecule has 0 unspecified atom stereocenters. The summed E-state index contributed by atoms with van der Waals surface area (Å²) >= 11 is 0. The average Bonchev–Trinajstić information content (AvgIpc) is 2.47. The molecule has 2 nitrogen and oxygen atoms in total. The molecular weight excluding hydrogens is 233 g/mol. The fourth-order valence-corrected chi connectivity index (χ4v) is 2.80. The third kappa shape index (κ3) is 2.87. The van der Waals surface area contributed by atoms with E-state index in [-0.39, 0.29) is 6.92 Å². The molecule has 2 aromatic rings. The molecular formula is C16H18BNO. The van der Waals surface area contributed by atoms with Crippen LogP contribution in [0.15, 0.2) is 42.6 Å². The third-order valence-corrected chi connectivity index (χ3v) is 3.89. The standard InChI is InChI=1S/C16H18BNO/c19-17-10-3-4-14-8-6-13(12-16(14)17)7-9-15-5-1-2-11-18-15/h1-2,5-6,8,11-12,19H,3-4,7,9-10H2. The smallest absolute Gasteiger partial charge is 0.323 e. The van der Waals surface area contributed by atoms with E-state index in [9.17, 15) is 5.02 Å². The van der Waals surface area contributed by atoms with Gasteiger partial charge in [-0.1, -0.05) is 36.2 Å². The number of pyridine rings is 1. The van der Waals surface area contributed by atoms with Gasteiger partial charge in [0.2, 0.25) is 0 Å². The van der Waals surface area contributed by atoms with Gasteiger partial charge in [0.25, 0.3) is 0 Å². The molecule has 3 rings (SSSR count). The van der Waals surface area contributed by atoms with Gasteiger partial charge in [-0.2, -0.15) is 0 Å². The van der Waals surface area contributed by atoms with Crippen molar-refractivity contribution < 1.29 is 5.02 Å². The Morgan fingerprint density at radius 1 is 1.16 bits per heavy atom. The summed E-state index contributed by atoms with van der Waals surface area (Å²) in [6.45, 7) is -0.265. The minimum absolute atomic E-state index is 0.265. The second-order valence-electron chi connectivity index (χ2n) is 5.26. The van der Waals surface area contributed by atoms with Gasteiger partial charge in [0.15, 0.2) is 0 Å². The number of benzene rings is 1. The molecule has 1 aromatic heterocycles. The van der Waals surface area contributed by atoms with E-state index in [0.717, 1.165) is 43.2 Å². The van der Waals surface area contributed by atoms with Crippen molar-refractivity contribution in [3.63, 3.8) is 0 Å². The van der Waals surface area contributed by atoms with Crippen molar-refractivity contribution in [1.82, 2.24) is 4.98 Å². The molecule has 1 aliphatic heterocycles. The predicted octanol–water partition coefficient (Wildman–Crippen LogP) is 2.00. The molecule has 0 spiro atoms. The highest BCUT2D eigenvalue weighted by Crippen LogP contribution is 2.15. The lowest BCUT2D eigenvalue weighted by Crippen LogP contribution is -2.36. The van der Waals surface area contributed by atoms with Crippen LogP contribution in [0, 0.1) is 0 Å². The number of hydrogen-bond donors (Lipinski definition) is 1. The first-order valence-electron chi connectivity index (χ1n) is 7.02. The van der Waals surface area contributed by atoms with E-state index in [1.165, 1.54) is 11.1 Å². The summed E-state index contributed by atoms with van der Waals surface area (Å²) in [5, 5.41) is 10.1. The molecule has 1 aromatic carbocycles. The Bertz CT molecular complexity index is 556. The molecule has 0 bridgehead atoms. The van der Waals surface area contributed by atoms with Crippen molar-refractivity contribution in [2.75, 3.05) is 0 Å². The number of nitrogens with zero attached hydrogens (tertiary/aromatic N) is 1. The molecule has 0 saturated heterocycles. The van der Waals surface area contributed by atoms with Crippen molar-refractivity contribution in [3.05, 3.63) is 59.4 Å². The first-order valence-corrected chi connectivity index (χ1v) is 7.02. The highest BCUT2D eigenvalue weighted by Gasteiger charge is 2.22. The van der Waals surface area contributed by atoms with E-state index < -0.39 is 0 Å². The van der Waals surface area contributed by atoms with Crippen LogP contribution in [-0.2, 0) is 19.3 Å². The summed E-state index contributed by atoms with van der Waals surface area (Å²) in [6, 6.07) is 12.6. The molecule has 0 saturated carbocycles. The Balaban J connectivity index is 1.74. The molecule has 3 heteroatoms. The first kappa shape index (κ1) is 12.4. The van der Waals surface area contributed by atoms with Gasteiger partial charge >= 0.3 is 6.92 Å². The Hall–Kier alpha value is -1.61. The van der Waals surface area contributed by atoms with Gasteiger partial charge in [0, 0.05) is 11.9 Å². The zero-order valence-electron chi connectivity index (χ0n) is 11.0. The van der Waals surface area contributed by atoms with E-state index >= 15 is 0 Å². The highest BCUT2D eigenvalue weighted by molar-refractivity contribution is 6.67. The van der Waals surface area contributed by atoms with Crippen molar-refractivity contribution in [2.24, 2.45) is 0 Å². The Morgan fingerprint density at radius 3 is 2.95 bits per heavy atom. The van der Waals surface area contributed by atoms with Gasteiger partial charge < -0.3 is 5.02 Å². The number of rotatable bonds is 3. The zero-order valence-corrected chi connectivity index (χ0v) is 11.0. The van der Waals surface area contributed by atoms with E-state index in [1.54, 1.807) is 0 Å². The largest absolute Gasteiger partial charge is 0.446 e. The normalized spacial score (nSPS) is 14.3. The van der Waals surface area contributed by atoms with E-state index in [0.29, 0.717) is 0 Å². The molecule has 1 aliphatic rings. The van der Waals surface area contributed by atoms with Gasteiger partial charge in [-0.3, -0.25) is 4.98 Å². The quantitative estimate of drug-likeness (QED) is 0.846. The van der Waals surface area contributed by atoms with Gasteiger partial charge in [-0.05, 0) is 48.7 Å². The van der Waals surface area contributed by atoms with Crippen LogP contribution in [0.4, 0.5) is 0 Å². The molecule has 2 heterocycles. The maximum absolute atomic E-state index is 10.1. The Morgan fingerprint density at radius 2 is 2.11 bits per heavy atom. The summed E-state index contributed by atoms with van der Waals surface area (Å²) in [4.78, 5) is 4.35. The molecule has 19 heavy (non-hydrogen) atoms. The molecule has 0 radical (unpaired) electrons. The number of aryl methyl sites for hydroxylation is 3. The van der Waals surface area contributed by atoms with E-state index in [4.69, 9.17) is 0 Å². The van der Waals surface area contributed by atoms with Crippen LogP contribution < -0.4 is 5.46 Å². The maximum atomic E-state index is 10.1. The fourth-order valence-electron chi connectivity index (χ4n) is 2.80. The number of aromatic nitrogens is 1. The van der Waals surface area contributed by atoms with Gasteiger partial charge in [-0.15, -0.1) is 0 Å². The number of fused-ring (bicyclic) bond motifs is 1. The van der Waals surface area contributed by atoms with Crippen LogP contribution >= 0.6 is 0 Å². The van der Waals surface area contributed by atoms with Crippen LogP contribution in [0.3, 0.4) is 0 Å². The summed E-state index contributed by atoms with van der Waals surface area (Å²) in [6.07, 6.45) is 6.88. The van der Waals surface area contributed by atoms with Crippen molar-refractivity contribution >= 4 is 12.4 Å². The first-order chi connectivity index (χ1) is 9.33. The highest BCUT2D eigenvalue weighted by atomic mass is 16.2. The van der Waals surface area contributed by atoms with E-state index in [1.807, 2.05) is 18.3 Å². The summed E-state index contributed by atoms with van der Waals surface area (Å²) < 4.78 is 0. The molecule has 0 atom stereocenters. The van der Waals surface area contributed by atoms with Gasteiger partial charge in [0.1, 0.15) is 0 Å². The fraction of sp³-hybridized carbons (Fsp3) is 0.312. The lowest BCUT2D eigenvalue weighted by atomic mass is 9.53. The van der Waals surface area contributed by atoms with Crippen LogP contribution in [0.1, 0.15) is 23.2 Å². The minimum Gasteiger partial charge on any atom is -0.446 e. The molecule has 0 amide bonds. The van der Waals surface area contributed by atoms with Crippen molar-refractivity contribution in [2.45, 2.75) is 32.0 Å². The van der Waals surface area contributed by atoms with Crippen LogP contribution in [0.25, 0.3) is 0 Å². The Kier molecular flexibility index (Phi) is 3.65. The second-order valence-corrected chi connectivity index (χ2v) is 5.26. The number of hydrogen-bond acceptors (Lipinski definition) is 2. The molecule has 1 N–H and O–H groups in total. The van der Waals surface area contributed by atoms with Crippen LogP contribution in [0.5, 0.6) is 0 Å².